The zero-order chi connectivity index (χ0) is 11.5. The molecule has 1 fully saturated rings. The molecule has 0 radical (unpaired) electrons. The van der Waals surface area contributed by atoms with Crippen molar-refractivity contribution in [3.63, 3.8) is 0 Å². The molecule has 84 valence electrons. The largest absolute Gasteiger partial charge is 0.391 e. The van der Waals surface area contributed by atoms with Crippen molar-refractivity contribution in [1.29, 1.82) is 5.26 Å². The number of nitriles is 1. The number of benzene rings is 1. The van der Waals surface area contributed by atoms with E-state index in [9.17, 15) is 5.11 Å². The molecular formula is C12H13ClN2O. The topological polar surface area (TPSA) is 47.3 Å². The van der Waals surface area contributed by atoms with Gasteiger partial charge in [-0.25, -0.2) is 0 Å². The van der Waals surface area contributed by atoms with Crippen LogP contribution in [-0.2, 0) is 0 Å². The maximum Gasteiger partial charge on any atom is 0.101 e. The van der Waals surface area contributed by atoms with E-state index >= 15 is 0 Å². The Morgan fingerprint density at radius 1 is 1.50 bits per heavy atom. The van der Waals surface area contributed by atoms with Crippen molar-refractivity contribution in [1.82, 2.24) is 0 Å². The van der Waals surface area contributed by atoms with Crippen molar-refractivity contribution in [3.8, 4) is 6.07 Å². The Morgan fingerprint density at radius 2 is 2.31 bits per heavy atom. The number of anilines is 1. The lowest BCUT2D eigenvalue weighted by atomic mass is 10.1. The zero-order valence-electron chi connectivity index (χ0n) is 8.86. The van der Waals surface area contributed by atoms with Crippen molar-refractivity contribution in [2.24, 2.45) is 0 Å². The molecule has 2 rings (SSSR count). The number of β-amino-alcohol motifs (C(OH)–C–C–N with tert-alkyl or cyclic N) is 1. The molecular weight excluding hydrogens is 224 g/mol. The molecule has 0 aliphatic carbocycles. The van der Waals surface area contributed by atoms with Crippen LogP contribution in [0.15, 0.2) is 18.2 Å². The molecule has 0 saturated carbocycles. The van der Waals surface area contributed by atoms with E-state index in [0.717, 1.165) is 25.1 Å². The van der Waals surface area contributed by atoms with Crippen LogP contribution < -0.4 is 4.90 Å². The van der Waals surface area contributed by atoms with E-state index in [1.165, 1.54) is 0 Å². The van der Waals surface area contributed by atoms with E-state index in [4.69, 9.17) is 16.9 Å². The van der Waals surface area contributed by atoms with Crippen LogP contribution in [0.3, 0.4) is 0 Å². The van der Waals surface area contributed by atoms with E-state index in [1.807, 2.05) is 12.1 Å². The van der Waals surface area contributed by atoms with Gasteiger partial charge in [-0.3, -0.25) is 0 Å². The average Bonchev–Trinajstić information content (AvgIpc) is 2.29. The van der Waals surface area contributed by atoms with Gasteiger partial charge in [0, 0.05) is 18.8 Å². The molecule has 1 aliphatic heterocycles. The van der Waals surface area contributed by atoms with Crippen LogP contribution in [0, 0.1) is 11.3 Å². The smallest absolute Gasteiger partial charge is 0.101 e. The van der Waals surface area contributed by atoms with Gasteiger partial charge in [0.1, 0.15) is 6.07 Å². The lowest BCUT2D eigenvalue weighted by Gasteiger charge is -2.32. The molecule has 3 nitrogen and oxygen atoms in total. The van der Waals surface area contributed by atoms with E-state index < -0.39 is 0 Å². The van der Waals surface area contributed by atoms with Gasteiger partial charge in [0.2, 0.25) is 0 Å². The number of nitrogens with zero attached hydrogens (tertiary/aromatic N) is 2. The third-order valence-electron chi connectivity index (χ3n) is 2.83. The third-order valence-corrected chi connectivity index (χ3v) is 3.15. The maximum atomic E-state index is 9.58. The van der Waals surface area contributed by atoms with Gasteiger partial charge in [-0.1, -0.05) is 11.6 Å². The highest BCUT2D eigenvalue weighted by Gasteiger charge is 2.18. The second-order valence-electron chi connectivity index (χ2n) is 4.02. The fourth-order valence-corrected chi connectivity index (χ4v) is 2.20. The molecule has 0 aromatic heterocycles. The van der Waals surface area contributed by atoms with Gasteiger partial charge in [-0.2, -0.15) is 5.26 Å². The van der Waals surface area contributed by atoms with Crippen LogP contribution in [0.1, 0.15) is 18.4 Å². The number of hydrogen-bond donors (Lipinski definition) is 1. The van der Waals surface area contributed by atoms with Crippen LogP contribution in [0.4, 0.5) is 5.69 Å². The van der Waals surface area contributed by atoms with E-state index in [0.29, 0.717) is 17.1 Å². The Balaban J connectivity index is 2.21. The predicted octanol–water partition coefficient (Wildman–Crippen LogP) is 2.17. The summed E-state index contributed by atoms with van der Waals surface area (Å²) in [5.41, 5.74) is 1.46. The molecule has 1 aromatic carbocycles. The van der Waals surface area contributed by atoms with Crippen LogP contribution in [0.5, 0.6) is 0 Å². The molecule has 1 aliphatic rings. The number of piperidine rings is 1. The summed E-state index contributed by atoms with van der Waals surface area (Å²) in [7, 11) is 0. The third kappa shape index (κ3) is 2.29. The Labute approximate surface area is 99.9 Å². The van der Waals surface area contributed by atoms with E-state index in [1.54, 1.807) is 12.1 Å². The fraction of sp³-hybridized carbons (Fsp3) is 0.417. The number of hydrogen-bond acceptors (Lipinski definition) is 3. The highest BCUT2D eigenvalue weighted by Crippen LogP contribution is 2.25. The summed E-state index contributed by atoms with van der Waals surface area (Å²) >= 11 is 5.97. The Kier molecular flexibility index (Phi) is 3.33. The molecule has 1 saturated heterocycles. The van der Waals surface area contributed by atoms with Crippen molar-refractivity contribution in [3.05, 3.63) is 28.8 Å². The summed E-state index contributed by atoms with van der Waals surface area (Å²) in [5.74, 6) is 0. The first kappa shape index (κ1) is 11.3. The molecule has 1 N–H and O–H groups in total. The molecule has 1 atom stereocenters. The van der Waals surface area contributed by atoms with Gasteiger partial charge in [-0.15, -0.1) is 0 Å². The minimum atomic E-state index is -0.261. The van der Waals surface area contributed by atoms with E-state index in [2.05, 4.69) is 4.90 Å². The SMILES string of the molecule is N#Cc1ccc(N2CCC[C@@H](O)C2)cc1Cl. The zero-order valence-corrected chi connectivity index (χ0v) is 9.61. The molecule has 1 heterocycles. The molecule has 4 heteroatoms. The Hall–Kier alpha value is -1.24. The highest BCUT2D eigenvalue weighted by molar-refractivity contribution is 6.32. The van der Waals surface area contributed by atoms with Crippen LogP contribution in [0.25, 0.3) is 0 Å². The van der Waals surface area contributed by atoms with Gasteiger partial charge >= 0.3 is 0 Å². The van der Waals surface area contributed by atoms with Gasteiger partial charge in [0.05, 0.1) is 16.7 Å². The van der Waals surface area contributed by atoms with Gasteiger partial charge in [0.15, 0.2) is 0 Å². The fourth-order valence-electron chi connectivity index (χ4n) is 1.98. The summed E-state index contributed by atoms with van der Waals surface area (Å²) < 4.78 is 0. The molecule has 1 aromatic rings. The minimum absolute atomic E-state index is 0.261. The minimum Gasteiger partial charge on any atom is -0.391 e. The van der Waals surface area contributed by atoms with Crippen LogP contribution >= 0.6 is 11.6 Å². The van der Waals surface area contributed by atoms with Gasteiger partial charge in [0.25, 0.3) is 0 Å². The Bertz CT molecular complexity index is 428. The first-order valence-corrected chi connectivity index (χ1v) is 5.71. The molecule has 16 heavy (non-hydrogen) atoms. The Morgan fingerprint density at radius 3 is 2.94 bits per heavy atom. The maximum absolute atomic E-state index is 9.58. The normalized spacial score (nSPS) is 20.6. The number of aliphatic hydroxyl groups is 1. The molecule has 0 amide bonds. The van der Waals surface area contributed by atoms with Crippen molar-refractivity contribution >= 4 is 17.3 Å². The van der Waals surface area contributed by atoms with Crippen molar-refractivity contribution in [2.45, 2.75) is 18.9 Å². The highest BCUT2D eigenvalue weighted by atomic mass is 35.5. The predicted molar refractivity (Wildman–Crippen MR) is 63.6 cm³/mol. The van der Waals surface area contributed by atoms with Gasteiger partial charge in [-0.05, 0) is 31.0 Å². The lowest BCUT2D eigenvalue weighted by molar-refractivity contribution is 0.154. The molecule has 0 spiro atoms. The number of halogens is 1. The summed E-state index contributed by atoms with van der Waals surface area (Å²) in [6.07, 6.45) is 1.59. The first-order valence-electron chi connectivity index (χ1n) is 5.33. The van der Waals surface area contributed by atoms with Crippen LogP contribution in [-0.4, -0.2) is 24.3 Å². The van der Waals surface area contributed by atoms with Gasteiger partial charge < -0.3 is 10.0 Å². The summed E-state index contributed by atoms with van der Waals surface area (Å²) in [6.45, 7) is 1.57. The van der Waals surface area contributed by atoms with Crippen molar-refractivity contribution < 1.29 is 5.11 Å². The quantitative estimate of drug-likeness (QED) is 0.813. The first-order chi connectivity index (χ1) is 7.70. The molecule has 0 unspecified atom stereocenters. The summed E-state index contributed by atoms with van der Waals surface area (Å²) in [4.78, 5) is 2.10. The summed E-state index contributed by atoms with van der Waals surface area (Å²) in [5, 5.41) is 18.8. The average molecular weight is 237 g/mol. The van der Waals surface area contributed by atoms with E-state index in [-0.39, 0.29) is 6.10 Å². The lowest BCUT2D eigenvalue weighted by Crippen LogP contribution is -2.38. The number of aliphatic hydroxyl groups excluding tert-OH is 1. The summed E-state index contributed by atoms with van der Waals surface area (Å²) in [6, 6.07) is 7.42. The molecule has 0 bridgehead atoms. The monoisotopic (exact) mass is 236 g/mol. The second kappa shape index (κ2) is 4.73. The van der Waals surface area contributed by atoms with Crippen LogP contribution in [0.2, 0.25) is 5.02 Å². The second-order valence-corrected chi connectivity index (χ2v) is 4.43. The standard InChI is InChI=1S/C12H13ClN2O/c13-12-6-10(4-3-9(12)7-14)15-5-1-2-11(16)8-15/h3-4,6,11,16H,1-2,5,8H2/t11-/m1/s1. The van der Waals surface area contributed by atoms with Crippen molar-refractivity contribution in [2.75, 3.05) is 18.0 Å². The number of rotatable bonds is 1.